The van der Waals surface area contributed by atoms with E-state index in [0.717, 1.165) is 20.8 Å². The molecule has 2 rings (SSSR count). The second-order valence-electron chi connectivity index (χ2n) is 5.84. The van der Waals surface area contributed by atoms with Gasteiger partial charge in [0, 0.05) is 26.8 Å². The van der Waals surface area contributed by atoms with Gasteiger partial charge in [-0.25, -0.2) is 0 Å². The molecule has 1 aliphatic heterocycles. The Morgan fingerprint density at radius 2 is 1.57 bits per heavy atom. The Morgan fingerprint density at radius 3 is 2.14 bits per heavy atom. The Morgan fingerprint density at radius 1 is 1.00 bits per heavy atom. The lowest BCUT2D eigenvalue weighted by Crippen LogP contribution is -2.59. The molecule has 1 aromatic carbocycles. The number of hydrogen-bond acceptors (Lipinski definition) is 10. The van der Waals surface area contributed by atoms with Gasteiger partial charge in [-0.2, -0.15) is 0 Å². The van der Waals surface area contributed by atoms with Crippen LogP contribution in [0, 0.1) is 10.1 Å². The molecule has 0 saturated carbocycles. The Kier molecular flexibility index (Phi) is 6.88. The van der Waals surface area contributed by atoms with E-state index in [2.05, 4.69) is 0 Å². The first-order valence-corrected chi connectivity index (χ1v) is 8.22. The van der Waals surface area contributed by atoms with Gasteiger partial charge < -0.3 is 23.7 Å². The SMILES string of the molecule is CC(=O)O[C@H]1[C@H](Oc2ccccc2[N+](=O)[O-])OC[C@H](OC(C)=O)[C@H]1OC(C)=O. The first kappa shape index (κ1) is 21.1. The number of hydrogen-bond donors (Lipinski definition) is 0. The first-order valence-electron chi connectivity index (χ1n) is 8.22. The molecule has 1 heterocycles. The van der Waals surface area contributed by atoms with Gasteiger partial charge in [-0.1, -0.05) is 12.1 Å². The maximum absolute atomic E-state index is 11.6. The minimum Gasteiger partial charge on any atom is -0.456 e. The van der Waals surface area contributed by atoms with E-state index in [4.69, 9.17) is 23.7 Å². The van der Waals surface area contributed by atoms with Crippen molar-refractivity contribution in [2.24, 2.45) is 0 Å². The highest BCUT2D eigenvalue weighted by Crippen LogP contribution is 2.31. The van der Waals surface area contributed by atoms with Crippen molar-refractivity contribution in [3.05, 3.63) is 34.4 Å². The summed E-state index contributed by atoms with van der Waals surface area (Å²) in [5.41, 5.74) is -0.334. The zero-order valence-corrected chi connectivity index (χ0v) is 15.4. The van der Waals surface area contributed by atoms with E-state index in [1.54, 1.807) is 0 Å². The number of nitro groups is 1. The zero-order chi connectivity index (χ0) is 20.8. The van der Waals surface area contributed by atoms with Crippen LogP contribution in [-0.4, -0.2) is 54.0 Å². The smallest absolute Gasteiger partial charge is 0.311 e. The molecule has 0 amide bonds. The van der Waals surface area contributed by atoms with Gasteiger partial charge in [0.1, 0.15) is 0 Å². The molecule has 0 spiro atoms. The van der Waals surface area contributed by atoms with Crippen molar-refractivity contribution in [3.63, 3.8) is 0 Å². The van der Waals surface area contributed by atoms with Gasteiger partial charge in [0.15, 0.2) is 18.0 Å². The quantitative estimate of drug-likeness (QED) is 0.297. The highest BCUT2D eigenvalue weighted by Gasteiger charge is 2.48. The molecule has 4 atom stereocenters. The molecule has 11 nitrogen and oxygen atoms in total. The normalized spacial score (nSPS) is 24.0. The summed E-state index contributed by atoms with van der Waals surface area (Å²) >= 11 is 0. The van der Waals surface area contributed by atoms with Gasteiger partial charge in [0.2, 0.25) is 12.4 Å². The molecule has 0 bridgehead atoms. The van der Waals surface area contributed by atoms with Gasteiger partial charge in [-0.05, 0) is 6.07 Å². The number of rotatable bonds is 6. The lowest BCUT2D eigenvalue weighted by atomic mass is 10.0. The molecule has 0 N–H and O–H groups in total. The Balaban J connectivity index is 2.34. The largest absolute Gasteiger partial charge is 0.456 e. The summed E-state index contributed by atoms with van der Waals surface area (Å²) < 4.78 is 26.5. The minimum atomic E-state index is -1.35. The Hall–Kier alpha value is -3.21. The maximum Gasteiger partial charge on any atom is 0.311 e. The van der Waals surface area contributed by atoms with Crippen molar-refractivity contribution < 1.29 is 43.0 Å². The van der Waals surface area contributed by atoms with Crippen LogP contribution in [0.2, 0.25) is 0 Å². The van der Waals surface area contributed by atoms with Crippen LogP contribution < -0.4 is 4.74 Å². The molecule has 152 valence electrons. The maximum atomic E-state index is 11.6. The summed E-state index contributed by atoms with van der Waals surface area (Å²) in [6.45, 7) is 3.15. The molecule has 1 fully saturated rings. The summed E-state index contributed by atoms with van der Waals surface area (Å²) in [5.74, 6) is -2.26. The molecular formula is C17H19NO10. The number of ether oxygens (including phenoxy) is 5. The number of benzene rings is 1. The summed E-state index contributed by atoms with van der Waals surface area (Å²) in [6.07, 6.45) is -4.97. The molecule has 11 heteroatoms. The van der Waals surface area contributed by atoms with E-state index in [9.17, 15) is 24.5 Å². The Labute approximate surface area is 159 Å². The number of nitro benzene ring substituents is 1. The molecule has 0 aliphatic carbocycles. The minimum absolute atomic E-state index is 0.137. The third-order valence-corrected chi connectivity index (χ3v) is 3.61. The lowest BCUT2D eigenvalue weighted by Gasteiger charge is -2.39. The van der Waals surface area contributed by atoms with Crippen molar-refractivity contribution >= 4 is 23.6 Å². The van der Waals surface area contributed by atoms with Crippen molar-refractivity contribution in [1.29, 1.82) is 0 Å². The third-order valence-electron chi connectivity index (χ3n) is 3.61. The molecule has 28 heavy (non-hydrogen) atoms. The van der Waals surface area contributed by atoms with Crippen molar-refractivity contribution in [2.45, 2.75) is 45.4 Å². The molecule has 0 radical (unpaired) electrons. The number of nitrogens with zero attached hydrogens (tertiary/aromatic N) is 1. The van der Waals surface area contributed by atoms with Gasteiger partial charge in [-0.3, -0.25) is 24.5 Å². The third kappa shape index (κ3) is 5.39. The van der Waals surface area contributed by atoms with Gasteiger partial charge in [0.25, 0.3) is 0 Å². The van der Waals surface area contributed by atoms with Crippen LogP contribution in [0.15, 0.2) is 24.3 Å². The molecule has 0 unspecified atom stereocenters. The van der Waals surface area contributed by atoms with Crippen LogP contribution in [0.3, 0.4) is 0 Å². The zero-order valence-electron chi connectivity index (χ0n) is 15.4. The molecule has 1 aromatic rings. The highest BCUT2D eigenvalue weighted by molar-refractivity contribution is 5.68. The lowest BCUT2D eigenvalue weighted by molar-refractivity contribution is -0.386. The predicted octanol–water partition coefficient (Wildman–Crippen LogP) is 1.12. The number of esters is 3. The fourth-order valence-electron chi connectivity index (χ4n) is 2.64. The van der Waals surface area contributed by atoms with E-state index >= 15 is 0 Å². The second-order valence-corrected chi connectivity index (χ2v) is 5.84. The summed E-state index contributed by atoms with van der Waals surface area (Å²) in [4.78, 5) is 44.9. The number of para-hydroxylation sites is 2. The van der Waals surface area contributed by atoms with Gasteiger partial charge >= 0.3 is 23.6 Å². The average Bonchev–Trinajstić information content (AvgIpc) is 2.59. The van der Waals surface area contributed by atoms with Crippen LogP contribution in [0.25, 0.3) is 0 Å². The molecule has 1 saturated heterocycles. The summed E-state index contributed by atoms with van der Waals surface area (Å²) in [6, 6.07) is 5.53. The number of carbonyl (C=O) groups is 3. The number of carbonyl (C=O) groups excluding carboxylic acids is 3. The van der Waals surface area contributed by atoms with Crippen LogP contribution in [0.1, 0.15) is 20.8 Å². The molecule has 1 aliphatic rings. The van der Waals surface area contributed by atoms with Crippen LogP contribution in [-0.2, 0) is 33.3 Å². The predicted molar refractivity (Wildman–Crippen MR) is 90.1 cm³/mol. The molecular weight excluding hydrogens is 378 g/mol. The average molecular weight is 397 g/mol. The van der Waals surface area contributed by atoms with Crippen LogP contribution in [0.5, 0.6) is 5.75 Å². The van der Waals surface area contributed by atoms with E-state index in [1.165, 1.54) is 24.3 Å². The van der Waals surface area contributed by atoms with E-state index in [0.29, 0.717) is 0 Å². The van der Waals surface area contributed by atoms with E-state index in [1.807, 2.05) is 0 Å². The van der Waals surface area contributed by atoms with Gasteiger partial charge in [0.05, 0.1) is 11.5 Å². The Bertz CT molecular complexity index is 764. The fraction of sp³-hybridized carbons (Fsp3) is 0.471. The van der Waals surface area contributed by atoms with E-state index < -0.39 is 47.4 Å². The van der Waals surface area contributed by atoms with Crippen molar-refractivity contribution in [2.75, 3.05) is 6.61 Å². The standard InChI is InChI=1S/C17H19NO10/c1-9(19)25-14-8-24-17(16(27-11(3)21)15(14)26-10(2)20)28-13-7-5-4-6-12(13)18(22)23/h4-7,14-17H,8H2,1-3H3/t14-,15+,16+,17-/m0/s1. The summed E-state index contributed by atoms with van der Waals surface area (Å²) in [7, 11) is 0. The summed E-state index contributed by atoms with van der Waals surface area (Å²) in [5, 5.41) is 11.2. The van der Waals surface area contributed by atoms with E-state index in [-0.39, 0.29) is 18.0 Å². The fourth-order valence-corrected chi connectivity index (χ4v) is 2.64. The van der Waals surface area contributed by atoms with Gasteiger partial charge in [-0.15, -0.1) is 0 Å². The topological polar surface area (TPSA) is 141 Å². The molecule has 0 aromatic heterocycles. The first-order chi connectivity index (χ1) is 13.2. The van der Waals surface area contributed by atoms with Crippen LogP contribution in [0.4, 0.5) is 5.69 Å². The highest BCUT2D eigenvalue weighted by atomic mass is 16.7. The van der Waals surface area contributed by atoms with Crippen molar-refractivity contribution in [3.8, 4) is 5.75 Å². The second kappa shape index (κ2) is 9.13. The van der Waals surface area contributed by atoms with Crippen molar-refractivity contribution in [1.82, 2.24) is 0 Å². The van der Waals surface area contributed by atoms with Crippen LogP contribution >= 0.6 is 0 Å². The monoisotopic (exact) mass is 397 g/mol.